The van der Waals surface area contributed by atoms with Crippen molar-refractivity contribution in [1.29, 1.82) is 0 Å². The van der Waals surface area contributed by atoms with Crippen LogP contribution in [0.1, 0.15) is 258 Å². The van der Waals surface area contributed by atoms with Crippen LogP contribution in [0.15, 0.2) is 48.6 Å². The predicted octanol–water partition coefficient (Wildman–Crippen LogP) is 15.9. The molecule has 0 saturated heterocycles. The highest BCUT2D eigenvalue weighted by Crippen LogP contribution is 2.16. The van der Waals surface area contributed by atoms with Gasteiger partial charge >= 0.3 is 0 Å². The molecule has 2 unspecified atom stereocenters. The van der Waals surface area contributed by atoms with Gasteiger partial charge in [-0.25, -0.2) is 0 Å². The number of aliphatic hydroxyl groups is 2. The summed E-state index contributed by atoms with van der Waals surface area (Å²) in [6.07, 6.45) is 65.4. The van der Waals surface area contributed by atoms with Crippen LogP contribution in [0.4, 0.5) is 0 Å². The molecule has 0 aromatic carbocycles. The van der Waals surface area contributed by atoms with Crippen LogP contribution in [0, 0.1) is 0 Å². The Morgan fingerprint density at radius 2 is 0.696 bits per heavy atom. The predicted molar refractivity (Wildman–Crippen MR) is 248 cm³/mol. The van der Waals surface area contributed by atoms with Gasteiger partial charge in [-0.15, -0.1) is 0 Å². The molecule has 0 saturated carbocycles. The van der Waals surface area contributed by atoms with E-state index in [9.17, 15) is 15.0 Å². The van der Waals surface area contributed by atoms with Crippen molar-refractivity contribution >= 4 is 5.91 Å². The summed E-state index contributed by atoms with van der Waals surface area (Å²) in [7, 11) is 0. The summed E-state index contributed by atoms with van der Waals surface area (Å²) in [5.41, 5.74) is 0. The van der Waals surface area contributed by atoms with Gasteiger partial charge in [0.25, 0.3) is 0 Å². The summed E-state index contributed by atoms with van der Waals surface area (Å²) in [6, 6.07) is -0.650. The van der Waals surface area contributed by atoms with Gasteiger partial charge < -0.3 is 15.5 Å². The number of hydrogen-bond donors (Lipinski definition) is 3. The van der Waals surface area contributed by atoms with Crippen molar-refractivity contribution in [3.63, 3.8) is 0 Å². The average Bonchev–Trinajstić information content (AvgIpc) is 3.20. The first-order valence-electron chi connectivity index (χ1n) is 24.9. The number of hydrogen-bond acceptors (Lipinski definition) is 3. The summed E-state index contributed by atoms with van der Waals surface area (Å²) in [4.78, 5) is 12.4. The fraction of sp³-hybridized carbons (Fsp3) is 0.827. The Kier molecular flexibility index (Phi) is 46.3. The number of allylic oxidation sites excluding steroid dienone is 7. The SMILES string of the molecule is CCCCCCC/C=C\CCCCCCCC(=O)NC(CO)C(O)/C=C/CC/C=C/CC/C=C/CCCCCCCCCCCCCCCCCCCCCC. The van der Waals surface area contributed by atoms with Gasteiger partial charge in [0.2, 0.25) is 5.91 Å². The minimum atomic E-state index is -0.874. The van der Waals surface area contributed by atoms with Crippen molar-refractivity contribution < 1.29 is 15.0 Å². The van der Waals surface area contributed by atoms with Gasteiger partial charge in [-0.05, 0) is 70.6 Å². The van der Waals surface area contributed by atoms with E-state index in [-0.39, 0.29) is 12.5 Å². The van der Waals surface area contributed by atoms with Crippen molar-refractivity contribution in [1.82, 2.24) is 5.32 Å². The maximum Gasteiger partial charge on any atom is 0.220 e. The lowest BCUT2D eigenvalue weighted by atomic mass is 10.0. The first-order valence-corrected chi connectivity index (χ1v) is 24.9. The Morgan fingerprint density at radius 3 is 1.04 bits per heavy atom. The molecule has 56 heavy (non-hydrogen) atoms. The summed E-state index contributed by atoms with van der Waals surface area (Å²) in [5, 5.41) is 23.0. The Bertz CT molecular complexity index is 893. The van der Waals surface area contributed by atoms with Gasteiger partial charge in [0.1, 0.15) is 0 Å². The van der Waals surface area contributed by atoms with Crippen LogP contribution in [-0.2, 0) is 4.79 Å². The van der Waals surface area contributed by atoms with Gasteiger partial charge in [-0.1, -0.05) is 229 Å². The van der Waals surface area contributed by atoms with Crippen LogP contribution >= 0.6 is 0 Å². The second-order valence-electron chi connectivity index (χ2n) is 16.9. The topological polar surface area (TPSA) is 69.6 Å². The molecule has 3 N–H and O–H groups in total. The molecular formula is C52H97NO3. The summed E-state index contributed by atoms with van der Waals surface area (Å²) in [6.45, 7) is 4.29. The highest BCUT2D eigenvalue weighted by atomic mass is 16.3. The van der Waals surface area contributed by atoms with Gasteiger partial charge in [-0.2, -0.15) is 0 Å². The third kappa shape index (κ3) is 43.5. The summed E-state index contributed by atoms with van der Waals surface area (Å²) < 4.78 is 0. The standard InChI is InChI=1S/C52H97NO3/c1-3-5-7-9-11-13-15-17-19-20-21-22-23-24-25-26-27-28-29-30-31-32-33-34-35-37-39-41-43-45-47-51(55)50(49-54)53-52(56)48-46-44-42-40-38-36-18-16-14-12-10-8-6-4-2/h16,18,32-33,37,39,45,47,50-51,54-55H,3-15,17,19-31,34-36,38,40-44,46,48-49H2,1-2H3,(H,53,56)/b18-16-,33-32+,39-37+,47-45+. The normalized spacial score (nSPS) is 13.3. The number of nitrogens with one attached hydrogen (secondary N) is 1. The zero-order valence-electron chi connectivity index (χ0n) is 37.7. The van der Waals surface area contributed by atoms with Crippen molar-refractivity contribution in [2.24, 2.45) is 0 Å². The van der Waals surface area contributed by atoms with Crippen LogP contribution < -0.4 is 5.32 Å². The molecule has 0 rings (SSSR count). The summed E-state index contributed by atoms with van der Waals surface area (Å²) >= 11 is 0. The number of unbranched alkanes of at least 4 members (excludes halogenated alkanes) is 32. The molecule has 0 aliphatic heterocycles. The van der Waals surface area contributed by atoms with Crippen LogP contribution in [0.2, 0.25) is 0 Å². The maximum atomic E-state index is 12.4. The molecule has 0 bridgehead atoms. The Labute approximate surface area is 350 Å². The average molecular weight is 784 g/mol. The zero-order valence-corrected chi connectivity index (χ0v) is 37.7. The monoisotopic (exact) mass is 784 g/mol. The minimum Gasteiger partial charge on any atom is -0.394 e. The molecule has 0 aliphatic carbocycles. The molecule has 2 atom stereocenters. The van der Waals surface area contributed by atoms with Crippen molar-refractivity contribution in [3.05, 3.63) is 48.6 Å². The van der Waals surface area contributed by atoms with E-state index in [2.05, 4.69) is 55.6 Å². The third-order valence-corrected chi connectivity index (χ3v) is 11.3. The first kappa shape index (κ1) is 54.3. The lowest BCUT2D eigenvalue weighted by molar-refractivity contribution is -0.123. The van der Waals surface area contributed by atoms with Crippen molar-refractivity contribution in [3.8, 4) is 0 Å². The largest absolute Gasteiger partial charge is 0.394 e. The van der Waals surface area contributed by atoms with Crippen LogP contribution in [0.25, 0.3) is 0 Å². The highest BCUT2D eigenvalue weighted by Gasteiger charge is 2.17. The quantitative estimate of drug-likeness (QED) is 0.0425. The molecule has 0 spiro atoms. The molecule has 0 aliphatic rings. The van der Waals surface area contributed by atoms with Gasteiger partial charge in [0, 0.05) is 6.42 Å². The van der Waals surface area contributed by atoms with Crippen molar-refractivity contribution in [2.75, 3.05) is 6.61 Å². The second kappa shape index (κ2) is 47.7. The zero-order chi connectivity index (χ0) is 40.7. The van der Waals surface area contributed by atoms with Crippen LogP contribution in [-0.4, -0.2) is 34.9 Å². The fourth-order valence-electron chi connectivity index (χ4n) is 7.44. The molecule has 0 aromatic rings. The van der Waals surface area contributed by atoms with E-state index >= 15 is 0 Å². The first-order chi connectivity index (χ1) is 27.7. The second-order valence-corrected chi connectivity index (χ2v) is 16.9. The van der Waals surface area contributed by atoms with Crippen molar-refractivity contribution in [2.45, 2.75) is 270 Å². The van der Waals surface area contributed by atoms with E-state index in [4.69, 9.17) is 0 Å². The Hall–Kier alpha value is -1.65. The lowest BCUT2D eigenvalue weighted by Crippen LogP contribution is -2.45. The number of aliphatic hydroxyl groups excluding tert-OH is 2. The maximum absolute atomic E-state index is 12.4. The molecule has 0 aromatic heterocycles. The molecule has 4 nitrogen and oxygen atoms in total. The smallest absolute Gasteiger partial charge is 0.220 e. The van der Waals surface area contributed by atoms with E-state index in [0.717, 1.165) is 51.4 Å². The van der Waals surface area contributed by atoms with E-state index < -0.39 is 12.1 Å². The molecular weight excluding hydrogens is 687 g/mol. The van der Waals surface area contributed by atoms with Gasteiger partial charge in [0.05, 0.1) is 18.8 Å². The highest BCUT2D eigenvalue weighted by molar-refractivity contribution is 5.76. The molecule has 0 fully saturated rings. The summed E-state index contributed by atoms with van der Waals surface area (Å²) in [5.74, 6) is -0.0870. The van der Waals surface area contributed by atoms with Gasteiger partial charge in [-0.3, -0.25) is 4.79 Å². The number of rotatable bonds is 45. The number of carbonyl (C=O) groups is 1. The van der Waals surface area contributed by atoms with E-state index in [1.807, 2.05) is 6.08 Å². The van der Waals surface area contributed by atoms with E-state index in [1.54, 1.807) is 6.08 Å². The van der Waals surface area contributed by atoms with Gasteiger partial charge in [0.15, 0.2) is 0 Å². The van der Waals surface area contributed by atoms with Crippen LogP contribution in [0.3, 0.4) is 0 Å². The third-order valence-electron chi connectivity index (χ3n) is 11.3. The van der Waals surface area contributed by atoms with E-state index in [0.29, 0.717) is 6.42 Å². The fourth-order valence-corrected chi connectivity index (χ4v) is 7.44. The van der Waals surface area contributed by atoms with Crippen LogP contribution in [0.5, 0.6) is 0 Å². The Balaban J connectivity index is 3.57. The molecule has 4 heteroatoms. The molecule has 328 valence electrons. The minimum absolute atomic E-state index is 0.0870. The molecule has 0 heterocycles. The lowest BCUT2D eigenvalue weighted by Gasteiger charge is -2.19. The number of carbonyl (C=O) groups excluding carboxylic acids is 1. The molecule has 0 radical (unpaired) electrons. The molecule has 1 amide bonds. The Morgan fingerprint density at radius 1 is 0.411 bits per heavy atom. The van der Waals surface area contributed by atoms with E-state index in [1.165, 1.54) is 186 Å². The number of amides is 1.